The molecule has 0 spiro atoms. The summed E-state index contributed by atoms with van der Waals surface area (Å²) in [5, 5.41) is -0.108. The van der Waals surface area contributed by atoms with Crippen molar-refractivity contribution >= 4 is 18.4 Å². The smallest absolute Gasteiger partial charge is 0.265 e. The highest BCUT2D eigenvalue weighted by Gasteiger charge is 2.38. The number of benzene rings is 1. The maximum Gasteiger partial charge on any atom is 0.265 e. The number of hydrogen-bond acceptors (Lipinski definition) is 4. The van der Waals surface area contributed by atoms with Gasteiger partial charge in [-0.3, -0.25) is 4.18 Å². The molecule has 1 atom stereocenters. The largest absolute Gasteiger partial charge is 0.414 e. The van der Waals surface area contributed by atoms with Crippen molar-refractivity contribution in [2.24, 2.45) is 0 Å². The zero-order valence-corrected chi connectivity index (χ0v) is 16.1. The summed E-state index contributed by atoms with van der Waals surface area (Å²) in [5.74, 6) is -2.18. The van der Waals surface area contributed by atoms with Crippen LogP contribution in [0, 0.1) is 11.6 Å². The molecule has 0 unspecified atom stereocenters. The molecule has 1 aromatic rings. The molecule has 0 amide bonds. The second-order valence-corrected chi connectivity index (χ2v) is 13.4. The second-order valence-electron chi connectivity index (χ2n) is 7.00. The predicted octanol–water partition coefficient (Wildman–Crippen LogP) is 4.00. The van der Waals surface area contributed by atoms with Crippen LogP contribution in [0.15, 0.2) is 18.2 Å². The van der Waals surface area contributed by atoms with Crippen molar-refractivity contribution in [2.45, 2.75) is 45.0 Å². The van der Waals surface area contributed by atoms with Crippen LogP contribution in [0.3, 0.4) is 0 Å². The standard InChI is InChI=1S/C15H24F2O4SSi/c1-15(2,3)23(5,6)20-10-13(21-22(4,18)19)11-8-7-9-12(16)14(11)17/h7-9,13H,10H2,1-6H3/t13-/m0/s1. The lowest BCUT2D eigenvalue weighted by Crippen LogP contribution is -2.42. The Morgan fingerprint density at radius 1 is 1.22 bits per heavy atom. The average molecular weight is 367 g/mol. The van der Waals surface area contributed by atoms with Crippen molar-refractivity contribution in [1.82, 2.24) is 0 Å². The first-order valence-corrected chi connectivity index (χ1v) is 11.9. The maximum atomic E-state index is 14.0. The Morgan fingerprint density at radius 2 is 1.78 bits per heavy atom. The molecule has 4 nitrogen and oxygen atoms in total. The molecule has 0 aromatic heterocycles. The molecule has 0 radical (unpaired) electrons. The minimum Gasteiger partial charge on any atom is -0.414 e. The highest BCUT2D eigenvalue weighted by molar-refractivity contribution is 7.86. The maximum absolute atomic E-state index is 14.0. The molecule has 0 fully saturated rings. The van der Waals surface area contributed by atoms with Gasteiger partial charge in [0, 0.05) is 5.56 Å². The Hall–Kier alpha value is -0.833. The molecular formula is C15H24F2O4SSi. The van der Waals surface area contributed by atoms with E-state index in [1.807, 2.05) is 33.9 Å². The van der Waals surface area contributed by atoms with Crippen molar-refractivity contribution < 1.29 is 25.8 Å². The molecule has 1 rings (SSSR count). The fraction of sp³-hybridized carbons (Fsp3) is 0.600. The van der Waals surface area contributed by atoms with Crippen LogP contribution in [0.4, 0.5) is 8.78 Å². The molecular weight excluding hydrogens is 342 g/mol. The van der Waals surface area contributed by atoms with Crippen LogP contribution in [-0.4, -0.2) is 29.6 Å². The molecule has 0 N–H and O–H groups in total. The van der Waals surface area contributed by atoms with Crippen molar-refractivity contribution in [1.29, 1.82) is 0 Å². The van der Waals surface area contributed by atoms with Crippen LogP contribution in [0.2, 0.25) is 18.1 Å². The van der Waals surface area contributed by atoms with Gasteiger partial charge in [-0.1, -0.05) is 32.9 Å². The van der Waals surface area contributed by atoms with Crippen molar-refractivity contribution in [2.75, 3.05) is 12.9 Å². The number of halogens is 2. The van der Waals surface area contributed by atoms with Gasteiger partial charge >= 0.3 is 0 Å². The predicted molar refractivity (Wildman–Crippen MR) is 88.2 cm³/mol. The second kappa shape index (κ2) is 6.96. The summed E-state index contributed by atoms with van der Waals surface area (Å²) in [7, 11) is -6.06. The van der Waals surface area contributed by atoms with E-state index < -0.39 is 36.2 Å². The summed E-state index contributed by atoms with van der Waals surface area (Å²) >= 11 is 0. The molecule has 0 aliphatic heterocycles. The van der Waals surface area contributed by atoms with Crippen LogP contribution < -0.4 is 0 Å². The van der Waals surface area contributed by atoms with Crippen LogP contribution in [0.25, 0.3) is 0 Å². The molecule has 23 heavy (non-hydrogen) atoms. The van der Waals surface area contributed by atoms with E-state index >= 15 is 0 Å². The summed E-state index contributed by atoms with van der Waals surface area (Å²) in [6, 6.07) is 3.56. The van der Waals surface area contributed by atoms with E-state index in [9.17, 15) is 17.2 Å². The van der Waals surface area contributed by atoms with Crippen LogP contribution in [0.1, 0.15) is 32.4 Å². The lowest BCUT2D eigenvalue weighted by atomic mass is 10.1. The van der Waals surface area contributed by atoms with Gasteiger partial charge in [0.25, 0.3) is 10.1 Å². The van der Waals surface area contributed by atoms with Crippen LogP contribution >= 0.6 is 0 Å². The lowest BCUT2D eigenvalue weighted by molar-refractivity contribution is 0.124. The molecule has 1 aromatic carbocycles. The summed E-state index contributed by atoms with van der Waals surface area (Å²) in [5.41, 5.74) is -0.172. The van der Waals surface area contributed by atoms with Gasteiger partial charge in [0.2, 0.25) is 0 Å². The number of hydrogen-bond donors (Lipinski definition) is 0. The number of rotatable bonds is 6. The molecule has 0 aliphatic rings. The first-order chi connectivity index (χ1) is 10.2. The molecule has 8 heteroatoms. The minimum atomic E-state index is -3.86. The Morgan fingerprint density at radius 3 is 2.26 bits per heavy atom. The Kier molecular flexibility index (Phi) is 6.12. The van der Waals surface area contributed by atoms with Crippen LogP contribution in [0.5, 0.6) is 0 Å². The van der Waals surface area contributed by atoms with Gasteiger partial charge in [-0.05, 0) is 24.2 Å². The van der Waals surface area contributed by atoms with E-state index in [2.05, 4.69) is 0 Å². The highest BCUT2D eigenvalue weighted by atomic mass is 32.2. The summed E-state index contributed by atoms with van der Waals surface area (Å²) < 4.78 is 61.2. The fourth-order valence-corrected chi connectivity index (χ4v) is 3.23. The first kappa shape index (κ1) is 20.2. The molecule has 0 heterocycles. The Labute approximate surface area is 138 Å². The molecule has 132 valence electrons. The van der Waals surface area contributed by atoms with E-state index in [1.54, 1.807) is 0 Å². The monoisotopic (exact) mass is 366 g/mol. The fourth-order valence-electron chi connectivity index (χ4n) is 1.65. The molecule has 0 saturated heterocycles. The van der Waals surface area contributed by atoms with Gasteiger partial charge < -0.3 is 4.43 Å². The Bertz CT molecular complexity index is 654. The van der Waals surface area contributed by atoms with E-state index in [-0.39, 0.29) is 17.2 Å². The molecule has 0 bridgehead atoms. The van der Waals surface area contributed by atoms with Crippen LogP contribution in [-0.2, 0) is 18.7 Å². The molecule has 0 saturated carbocycles. The van der Waals surface area contributed by atoms with E-state index in [0.717, 1.165) is 12.3 Å². The summed E-state index contributed by atoms with van der Waals surface area (Å²) in [6.45, 7) is 9.86. The summed E-state index contributed by atoms with van der Waals surface area (Å²) in [4.78, 5) is 0. The molecule has 0 aliphatic carbocycles. The van der Waals surface area contributed by atoms with E-state index in [1.165, 1.54) is 12.1 Å². The lowest BCUT2D eigenvalue weighted by Gasteiger charge is -2.37. The van der Waals surface area contributed by atoms with Gasteiger partial charge in [0.15, 0.2) is 20.0 Å². The van der Waals surface area contributed by atoms with Gasteiger partial charge in [-0.2, -0.15) is 8.42 Å². The van der Waals surface area contributed by atoms with Crippen molar-refractivity contribution in [3.63, 3.8) is 0 Å². The van der Waals surface area contributed by atoms with Gasteiger partial charge in [0.05, 0.1) is 12.9 Å². The zero-order chi connectivity index (χ0) is 18.1. The minimum absolute atomic E-state index is 0.108. The zero-order valence-electron chi connectivity index (χ0n) is 14.3. The van der Waals surface area contributed by atoms with Crippen molar-refractivity contribution in [3.8, 4) is 0 Å². The average Bonchev–Trinajstić information content (AvgIpc) is 2.35. The van der Waals surface area contributed by atoms with E-state index in [0.29, 0.717) is 0 Å². The van der Waals surface area contributed by atoms with Gasteiger partial charge in [-0.15, -0.1) is 0 Å². The van der Waals surface area contributed by atoms with E-state index in [4.69, 9.17) is 8.61 Å². The van der Waals surface area contributed by atoms with Gasteiger partial charge in [0.1, 0.15) is 6.10 Å². The highest BCUT2D eigenvalue weighted by Crippen LogP contribution is 2.37. The third-order valence-corrected chi connectivity index (χ3v) is 9.10. The first-order valence-electron chi connectivity index (χ1n) is 7.21. The summed E-state index contributed by atoms with van der Waals surface area (Å²) in [6.07, 6.45) is -0.362. The van der Waals surface area contributed by atoms with Gasteiger partial charge in [-0.25, -0.2) is 8.78 Å². The SMILES string of the molecule is CC(C)(C)[Si](C)(C)OC[C@H](OS(C)(=O)=O)c1cccc(F)c1F. The normalized spacial score (nSPS) is 14.8. The Balaban J connectivity index is 3.10. The quantitative estimate of drug-likeness (QED) is 0.564. The third-order valence-electron chi connectivity index (χ3n) is 4.02. The third kappa shape index (κ3) is 5.63. The van der Waals surface area contributed by atoms with Crippen molar-refractivity contribution in [3.05, 3.63) is 35.4 Å². The topological polar surface area (TPSA) is 52.6 Å².